The van der Waals surface area contributed by atoms with Crippen molar-refractivity contribution in [1.29, 1.82) is 0 Å². The molecule has 4 rings (SSSR count). The van der Waals surface area contributed by atoms with Gasteiger partial charge >= 0.3 is 0 Å². The number of amides is 4. The average molecular weight is 487 g/mol. The van der Waals surface area contributed by atoms with E-state index >= 15 is 0 Å². The lowest BCUT2D eigenvalue weighted by molar-refractivity contribution is -0.139. The summed E-state index contributed by atoms with van der Waals surface area (Å²) in [4.78, 5) is 56.2. The van der Waals surface area contributed by atoms with Gasteiger partial charge in [-0.2, -0.15) is 0 Å². The molecule has 0 radical (unpaired) electrons. The fourth-order valence-electron chi connectivity index (χ4n) is 5.19. The number of methoxy groups -OCH3 is 1. The molecule has 4 atom stereocenters. The Labute approximate surface area is 205 Å². The van der Waals surface area contributed by atoms with Crippen LogP contribution in [0.25, 0.3) is 0 Å². The third kappa shape index (κ3) is 5.58. The second-order valence-corrected chi connectivity index (χ2v) is 9.44. The van der Waals surface area contributed by atoms with Crippen molar-refractivity contribution < 1.29 is 28.7 Å². The highest BCUT2D eigenvalue weighted by molar-refractivity contribution is 6.01. The number of hydrogen-bond acceptors (Lipinski definition) is 6. The third-order valence-electron chi connectivity index (χ3n) is 6.98. The monoisotopic (exact) mass is 486 g/mol. The Bertz CT molecular complexity index is 969. The normalized spacial score (nSPS) is 27.9. The molecule has 2 N–H and O–H groups in total. The highest BCUT2D eigenvalue weighted by Gasteiger charge is 2.37. The average Bonchev–Trinajstić information content (AvgIpc) is 3.50. The molecule has 0 aliphatic carbocycles. The van der Waals surface area contributed by atoms with Crippen molar-refractivity contribution >= 4 is 23.6 Å². The summed E-state index contributed by atoms with van der Waals surface area (Å²) in [6.45, 7) is 3.39. The number of hydrogen-bond donors (Lipinski definition) is 2. The number of carbonyl (C=O) groups is 4. The van der Waals surface area contributed by atoms with Gasteiger partial charge in [-0.3, -0.25) is 19.2 Å². The minimum atomic E-state index is -1.09. The summed E-state index contributed by atoms with van der Waals surface area (Å²) in [6, 6.07) is 4.73. The maximum atomic E-state index is 13.5. The Morgan fingerprint density at radius 2 is 1.89 bits per heavy atom. The van der Waals surface area contributed by atoms with Gasteiger partial charge in [-0.1, -0.05) is 12.1 Å². The van der Waals surface area contributed by atoms with E-state index in [1.807, 2.05) is 0 Å². The van der Waals surface area contributed by atoms with Crippen LogP contribution >= 0.6 is 0 Å². The predicted molar refractivity (Wildman–Crippen MR) is 127 cm³/mol. The van der Waals surface area contributed by atoms with E-state index < -0.39 is 23.9 Å². The zero-order valence-electron chi connectivity index (χ0n) is 20.3. The zero-order valence-corrected chi connectivity index (χ0v) is 20.3. The van der Waals surface area contributed by atoms with E-state index in [1.165, 1.54) is 0 Å². The van der Waals surface area contributed by atoms with Crippen molar-refractivity contribution in [2.75, 3.05) is 33.4 Å². The second kappa shape index (κ2) is 11.1. The molecule has 35 heavy (non-hydrogen) atoms. The first-order valence-corrected chi connectivity index (χ1v) is 12.3. The van der Waals surface area contributed by atoms with Crippen LogP contribution in [0, 0.1) is 0 Å². The molecular weight excluding hydrogens is 452 g/mol. The van der Waals surface area contributed by atoms with E-state index in [9.17, 15) is 19.2 Å². The molecule has 190 valence electrons. The maximum Gasteiger partial charge on any atom is 0.255 e. The first-order chi connectivity index (χ1) is 16.9. The van der Waals surface area contributed by atoms with E-state index in [0.29, 0.717) is 25.4 Å². The number of fused-ring (bicyclic) bond motifs is 2. The summed E-state index contributed by atoms with van der Waals surface area (Å²) in [5.74, 6) is -1.09. The zero-order chi connectivity index (χ0) is 24.9. The Kier molecular flexibility index (Phi) is 7.90. The number of likely N-dealkylation sites (tertiary alicyclic amines) is 1. The van der Waals surface area contributed by atoms with Crippen molar-refractivity contribution in [1.82, 2.24) is 20.4 Å². The highest BCUT2D eigenvalue weighted by atomic mass is 16.5. The molecule has 3 aliphatic heterocycles. The van der Waals surface area contributed by atoms with E-state index in [-0.39, 0.29) is 42.5 Å². The molecule has 2 saturated heterocycles. The predicted octanol–water partition coefficient (Wildman–Crippen LogP) is 0.701. The minimum Gasteiger partial charge on any atom is -0.491 e. The molecule has 1 aromatic carbocycles. The summed E-state index contributed by atoms with van der Waals surface area (Å²) < 4.78 is 11.3. The van der Waals surface area contributed by atoms with Gasteiger partial charge < -0.3 is 29.9 Å². The van der Waals surface area contributed by atoms with Gasteiger partial charge in [-0.05, 0) is 44.7 Å². The van der Waals surface area contributed by atoms with Crippen LogP contribution in [-0.4, -0.2) is 91.0 Å². The molecule has 4 amide bonds. The summed E-state index contributed by atoms with van der Waals surface area (Å²) in [6.07, 6.45) is 2.98. The van der Waals surface area contributed by atoms with Gasteiger partial charge in [0.2, 0.25) is 17.7 Å². The number of ether oxygens (including phenoxy) is 2. The van der Waals surface area contributed by atoms with Crippen LogP contribution in [0.1, 0.15) is 49.4 Å². The van der Waals surface area contributed by atoms with Gasteiger partial charge in [0.05, 0.1) is 30.7 Å². The molecule has 3 aliphatic rings. The SMILES string of the molecule is COC[C@@H]1CCCN1C(=O)[C@@H]1CC(=O)N[C@@H](C)C(=O)N2CCC[C@@H]2COc2ccccc2C(=O)N1. The van der Waals surface area contributed by atoms with Crippen molar-refractivity contribution in [3.05, 3.63) is 29.8 Å². The molecule has 0 saturated carbocycles. The molecular formula is C25H34N4O6. The maximum absolute atomic E-state index is 13.5. The molecule has 0 bridgehead atoms. The van der Waals surface area contributed by atoms with Crippen LogP contribution in [0.3, 0.4) is 0 Å². The Balaban J connectivity index is 1.63. The van der Waals surface area contributed by atoms with Crippen LogP contribution in [-0.2, 0) is 19.1 Å². The van der Waals surface area contributed by atoms with Crippen molar-refractivity contribution in [2.45, 2.75) is 63.2 Å². The van der Waals surface area contributed by atoms with Crippen molar-refractivity contribution in [2.24, 2.45) is 0 Å². The largest absolute Gasteiger partial charge is 0.491 e. The fourth-order valence-corrected chi connectivity index (χ4v) is 5.19. The number of benzene rings is 1. The summed E-state index contributed by atoms with van der Waals surface area (Å²) in [7, 11) is 1.58. The smallest absolute Gasteiger partial charge is 0.255 e. The molecule has 1 aromatic rings. The first-order valence-electron chi connectivity index (χ1n) is 12.3. The lowest BCUT2D eigenvalue weighted by atomic mass is 10.1. The second-order valence-electron chi connectivity index (χ2n) is 9.44. The molecule has 0 unspecified atom stereocenters. The van der Waals surface area contributed by atoms with Crippen LogP contribution in [0.2, 0.25) is 0 Å². The highest BCUT2D eigenvalue weighted by Crippen LogP contribution is 2.24. The van der Waals surface area contributed by atoms with Crippen LogP contribution in [0.5, 0.6) is 5.75 Å². The summed E-state index contributed by atoms with van der Waals surface area (Å²) >= 11 is 0. The molecule has 2 fully saturated rings. The van der Waals surface area contributed by atoms with Gasteiger partial charge in [-0.25, -0.2) is 0 Å². The fraction of sp³-hybridized carbons (Fsp3) is 0.600. The van der Waals surface area contributed by atoms with Crippen LogP contribution in [0.4, 0.5) is 0 Å². The van der Waals surface area contributed by atoms with Gasteiger partial charge in [0.25, 0.3) is 5.91 Å². The third-order valence-corrected chi connectivity index (χ3v) is 6.98. The number of para-hydroxylation sites is 1. The first kappa shape index (κ1) is 25.0. The van der Waals surface area contributed by atoms with Crippen molar-refractivity contribution in [3.63, 3.8) is 0 Å². The molecule has 0 aromatic heterocycles. The van der Waals surface area contributed by atoms with Crippen molar-refractivity contribution in [3.8, 4) is 5.75 Å². The lowest BCUT2D eigenvalue weighted by Gasteiger charge is -2.31. The summed E-state index contributed by atoms with van der Waals surface area (Å²) in [5, 5.41) is 5.49. The van der Waals surface area contributed by atoms with Gasteiger partial charge in [0, 0.05) is 20.2 Å². The number of carbonyl (C=O) groups excluding carboxylic acids is 4. The van der Waals surface area contributed by atoms with E-state index in [1.54, 1.807) is 48.1 Å². The summed E-state index contributed by atoms with van der Waals surface area (Å²) in [5.41, 5.74) is 0.280. The van der Waals surface area contributed by atoms with E-state index in [2.05, 4.69) is 10.6 Å². The van der Waals surface area contributed by atoms with Crippen LogP contribution in [0.15, 0.2) is 24.3 Å². The Morgan fingerprint density at radius 3 is 2.69 bits per heavy atom. The number of nitrogens with one attached hydrogen (secondary N) is 2. The topological polar surface area (TPSA) is 117 Å². The number of rotatable bonds is 3. The van der Waals surface area contributed by atoms with Gasteiger partial charge in [0.15, 0.2) is 0 Å². The Morgan fingerprint density at radius 1 is 1.11 bits per heavy atom. The standard InChI is InChI=1S/C25H34N4O6/c1-16-24(32)28-11-6-8-18(28)15-35-21-10-4-3-9-19(21)23(31)27-20(13-22(30)26-16)25(33)29-12-5-7-17(29)14-34-2/h3-4,9-10,16-18,20H,5-8,11-15H2,1-2H3,(H,26,30)(H,27,31)/t16-,17-,18+,20-/m0/s1. The van der Waals surface area contributed by atoms with Gasteiger partial charge in [0.1, 0.15) is 24.4 Å². The molecule has 3 heterocycles. The Hall–Kier alpha value is -3.14. The quantitative estimate of drug-likeness (QED) is 0.650. The van der Waals surface area contributed by atoms with Crippen LogP contribution < -0.4 is 15.4 Å². The van der Waals surface area contributed by atoms with E-state index in [0.717, 1.165) is 25.7 Å². The van der Waals surface area contributed by atoms with Gasteiger partial charge in [-0.15, -0.1) is 0 Å². The number of nitrogens with zero attached hydrogens (tertiary/aromatic N) is 2. The minimum absolute atomic E-state index is 0.108. The molecule has 0 spiro atoms. The molecule has 10 nitrogen and oxygen atoms in total. The van der Waals surface area contributed by atoms with E-state index in [4.69, 9.17) is 9.47 Å². The lowest BCUT2D eigenvalue weighted by Crippen LogP contribution is -2.54. The molecule has 10 heteroatoms.